The Balaban J connectivity index is 1.68. The minimum atomic E-state index is -0.174. The molecule has 1 heterocycles. The summed E-state index contributed by atoms with van der Waals surface area (Å²) in [6.07, 6.45) is 0. The fourth-order valence-electron chi connectivity index (χ4n) is 2.31. The predicted molar refractivity (Wildman–Crippen MR) is 108 cm³/mol. The molecule has 0 radical (unpaired) electrons. The summed E-state index contributed by atoms with van der Waals surface area (Å²) in [5.74, 6) is -0.174. The molecule has 0 aliphatic rings. The number of benzene rings is 2. The molecule has 0 unspecified atom stereocenters. The van der Waals surface area contributed by atoms with Crippen LogP contribution in [-0.2, 0) is 0 Å². The molecule has 0 saturated heterocycles. The maximum Gasteiger partial charge on any atom is 0.257 e. The third kappa shape index (κ3) is 4.51. The van der Waals surface area contributed by atoms with Gasteiger partial charge in [0.1, 0.15) is 0 Å². The highest BCUT2D eigenvalue weighted by molar-refractivity contribution is 7.99. The molecule has 130 valence electrons. The molecule has 0 saturated carbocycles. The first-order valence-electron chi connectivity index (χ1n) is 8.09. The predicted octanol–water partition coefficient (Wildman–Crippen LogP) is 5.43. The summed E-state index contributed by atoms with van der Waals surface area (Å²) in [5.41, 5.74) is 2.90. The summed E-state index contributed by atoms with van der Waals surface area (Å²) in [6.45, 7) is 4.28. The number of nitrogens with one attached hydrogen (secondary N) is 1. The average Bonchev–Trinajstić information content (AvgIpc) is 3.10. The SMILES string of the molecule is CC(C)Sc1ccc(C(=O)Nc2nc(-c3ccc(C#N)cc3)cs2)cc1. The minimum absolute atomic E-state index is 0.174. The molecule has 0 atom stereocenters. The number of carbonyl (C=O) groups is 1. The molecule has 0 aliphatic carbocycles. The van der Waals surface area contributed by atoms with E-state index >= 15 is 0 Å². The van der Waals surface area contributed by atoms with Gasteiger partial charge in [-0.15, -0.1) is 23.1 Å². The van der Waals surface area contributed by atoms with Crippen molar-refractivity contribution in [3.63, 3.8) is 0 Å². The lowest BCUT2D eigenvalue weighted by atomic mass is 10.1. The molecule has 0 bridgehead atoms. The molecule has 3 rings (SSSR count). The fourth-order valence-corrected chi connectivity index (χ4v) is 3.86. The lowest BCUT2D eigenvalue weighted by Crippen LogP contribution is -2.11. The van der Waals surface area contributed by atoms with Crippen molar-refractivity contribution in [2.75, 3.05) is 5.32 Å². The van der Waals surface area contributed by atoms with E-state index in [0.29, 0.717) is 21.5 Å². The van der Waals surface area contributed by atoms with Crippen molar-refractivity contribution >= 4 is 34.1 Å². The van der Waals surface area contributed by atoms with Crippen molar-refractivity contribution in [2.45, 2.75) is 24.0 Å². The van der Waals surface area contributed by atoms with E-state index in [1.54, 1.807) is 23.9 Å². The summed E-state index contributed by atoms with van der Waals surface area (Å²) < 4.78 is 0. The third-order valence-electron chi connectivity index (χ3n) is 3.52. The van der Waals surface area contributed by atoms with E-state index in [1.807, 2.05) is 41.8 Å². The van der Waals surface area contributed by atoms with Gasteiger partial charge in [0.25, 0.3) is 5.91 Å². The maximum absolute atomic E-state index is 12.4. The van der Waals surface area contributed by atoms with E-state index in [-0.39, 0.29) is 5.91 Å². The van der Waals surface area contributed by atoms with Crippen molar-refractivity contribution in [1.29, 1.82) is 5.26 Å². The second kappa shape index (κ2) is 8.17. The number of thioether (sulfide) groups is 1. The van der Waals surface area contributed by atoms with E-state index < -0.39 is 0 Å². The van der Waals surface area contributed by atoms with Crippen molar-refractivity contribution in [3.05, 3.63) is 65.0 Å². The number of carbonyl (C=O) groups excluding carboxylic acids is 1. The minimum Gasteiger partial charge on any atom is -0.298 e. The van der Waals surface area contributed by atoms with E-state index in [9.17, 15) is 4.79 Å². The average molecular weight is 380 g/mol. The second-order valence-corrected chi connectivity index (χ2v) is 8.38. The number of nitriles is 1. The zero-order valence-corrected chi connectivity index (χ0v) is 16.0. The van der Waals surface area contributed by atoms with Gasteiger partial charge < -0.3 is 0 Å². The molecule has 1 amide bonds. The Morgan fingerprint density at radius 3 is 2.46 bits per heavy atom. The monoisotopic (exact) mass is 379 g/mol. The summed E-state index contributed by atoms with van der Waals surface area (Å²) in [5, 5.41) is 14.6. The molecule has 1 N–H and O–H groups in total. The number of rotatable bonds is 5. The normalized spacial score (nSPS) is 10.5. The van der Waals surface area contributed by atoms with E-state index in [0.717, 1.165) is 16.2 Å². The van der Waals surface area contributed by atoms with E-state index in [1.165, 1.54) is 11.3 Å². The Labute approximate surface area is 160 Å². The number of hydrogen-bond acceptors (Lipinski definition) is 5. The number of anilines is 1. The second-order valence-electron chi connectivity index (χ2n) is 5.87. The Kier molecular flexibility index (Phi) is 5.71. The van der Waals surface area contributed by atoms with Crippen LogP contribution in [0.4, 0.5) is 5.13 Å². The van der Waals surface area contributed by atoms with Gasteiger partial charge in [-0.05, 0) is 36.4 Å². The largest absolute Gasteiger partial charge is 0.298 e. The third-order valence-corrected chi connectivity index (χ3v) is 5.30. The van der Waals surface area contributed by atoms with Gasteiger partial charge >= 0.3 is 0 Å². The smallest absolute Gasteiger partial charge is 0.257 e. The van der Waals surface area contributed by atoms with Crippen molar-refractivity contribution in [2.24, 2.45) is 0 Å². The van der Waals surface area contributed by atoms with Gasteiger partial charge in [-0.25, -0.2) is 4.98 Å². The zero-order valence-electron chi connectivity index (χ0n) is 14.4. The van der Waals surface area contributed by atoms with Crippen LogP contribution in [0.5, 0.6) is 0 Å². The zero-order chi connectivity index (χ0) is 18.5. The molecule has 0 spiro atoms. The maximum atomic E-state index is 12.4. The van der Waals surface area contributed by atoms with Crippen LogP contribution in [0, 0.1) is 11.3 Å². The topological polar surface area (TPSA) is 65.8 Å². The molecule has 1 aromatic heterocycles. The molecule has 3 aromatic rings. The Hall–Kier alpha value is -2.62. The molecule has 4 nitrogen and oxygen atoms in total. The quantitative estimate of drug-likeness (QED) is 0.600. The van der Waals surface area contributed by atoms with Crippen molar-refractivity contribution < 1.29 is 4.79 Å². The fraction of sp³-hybridized carbons (Fsp3) is 0.150. The summed E-state index contributed by atoms with van der Waals surface area (Å²) >= 11 is 3.14. The number of aromatic nitrogens is 1. The van der Waals surface area contributed by atoms with E-state index in [2.05, 4.69) is 30.2 Å². The van der Waals surface area contributed by atoms with Gasteiger partial charge in [0, 0.05) is 26.7 Å². The molecule has 0 fully saturated rings. The van der Waals surface area contributed by atoms with Crippen LogP contribution in [0.25, 0.3) is 11.3 Å². The van der Waals surface area contributed by atoms with Gasteiger partial charge in [0.2, 0.25) is 0 Å². The molecular formula is C20H17N3OS2. The Morgan fingerprint density at radius 1 is 1.15 bits per heavy atom. The molecule has 26 heavy (non-hydrogen) atoms. The Bertz CT molecular complexity index is 938. The number of hydrogen-bond donors (Lipinski definition) is 1. The van der Waals surface area contributed by atoms with E-state index in [4.69, 9.17) is 5.26 Å². The number of nitrogens with zero attached hydrogens (tertiary/aromatic N) is 2. The van der Waals surface area contributed by atoms with Gasteiger partial charge in [0.05, 0.1) is 17.3 Å². The first kappa shape index (κ1) is 18.2. The molecule has 6 heteroatoms. The number of amides is 1. The van der Waals surface area contributed by atoms with Crippen LogP contribution in [0.15, 0.2) is 58.8 Å². The summed E-state index contributed by atoms with van der Waals surface area (Å²) in [7, 11) is 0. The lowest BCUT2D eigenvalue weighted by molar-refractivity contribution is 0.102. The van der Waals surface area contributed by atoms with Gasteiger partial charge in [-0.2, -0.15) is 5.26 Å². The van der Waals surface area contributed by atoms with Gasteiger partial charge in [-0.3, -0.25) is 10.1 Å². The first-order chi connectivity index (χ1) is 12.5. The summed E-state index contributed by atoms with van der Waals surface area (Å²) in [4.78, 5) is 18.0. The molecule has 0 aliphatic heterocycles. The number of thiazole rings is 1. The van der Waals surface area contributed by atoms with Crippen LogP contribution < -0.4 is 5.32 Å². The Morgan fingerprint density at radius 2 is 1.85 bits per heavy atom. The standard InChI is InChI=1S/C20H17N3OS2/c1-13(2)26-17-9-7-16(8-10-17)19(24)23-20-22-18(12-25-20)15-5-3-14(11-21)4-6-15/h3-10,12-13H,1-2H3,(H,22,23,24). The summed E-state index contributed by atoms with van der Waals surface area (Å²) in [6, 6.07) is 16.9. The van der Waals surface area contributed by atoms with Gasteiger partial charge in [-0.1, -0.05) is 26.0 Å². The lowest BCUT2D eigenvalue weighted by Gasteiger charge is -2.06. The first-order valence-corrected chi connectivity index (χ1v) is 9.85. The molecule has 2 aromatic carbocycles. The highest BCUT2D eigenvalue weighted by atomic mass is 32.2. The highest BCUT2D eigenvalue weighted by Gasteiger charge is 2.10. The van der Waals surface area contributed by atoms with Gasteiger partial charge in [0.15, 0.2) is 5.13 Å². The van der Waals surface area contributed by atoms with Crippen LogP contribution in [-0.4, -0.2) is 16.1 Å². The van der Waals surface area contributed by atoms with Crippen LogP contribution in [0.1, 0.15) is 29.8 Å². The van der Waals surface area contributed by atoms with Crippen molar-refractivity contribution in [1.82, 2.24) is 4.98 Å². The molecular weight excluding hydrogens is 362 g/mol. The van der Waals surface area contributed by atoms with Crippen LogP contribution in [0.2, 0.25) is 0 Å². The van der Waals surface area contributed by atoms with Crippen LogP contribution >= 0.6 is 23.1 Å². The van der Waals surface area contributed by atoms with Crippen molar-refractivity contribution in [3.8, 4) is 17.3 Å². The van der Waals surface area contributed by atoms with Crippen LogP contribution in [0.3, 0.4) is 0 Å². The highest BCUT2D eigenvalue weighted by Crippen LogP contribution is 2.26.